The van der Waals surface area contributed by atoms with Gasteiger partial charge in [-0.05, 0) is 55.7 Å². The Morgan fingerprint density at radius 3 is 2.08 bits per heavy atom. The average molecular weight is 873 g/mol. The maximum absolute atomic E-state index is 14.6. The molecule has 2 heterocycles. The molecule has 62 heavy (non-hydrogen) atoms. The quantitative estimate of drug-likeness (QED) is 0.0197. The number of amides is 3. The number of benzene rings is 2. The zero-order valence-corrected chi connectivity index (χ0v) is 36.4. The Morgan fingerprint density at radius 1 is 0.790 bits per heavy atom. The highest BCUT2D eigenvalue weighted by atomic mass is 32.1. The molecule has 2 aromatic heterocycles. The number of hydrogen-bond acceptors (Lipinski definition) is 11. The third-order valence-corrected chi connectivity index (χ3v) is 10.9. The molecule has 0 spiro atoms. The summed E-state index contributed by atoms with van der Waals surface area (Å²) in [6.07, 6.45) is 4.98. The SMILES string of the molecule is CC(=O)N[C@H](CCCN=C(N)N)C(=O)N[C@@H](Cc1cncn1COCc1ccccc1)C(=O)C[C@@H](CCC(C)C)C(=O)N[C@@H](CCCN=C(N)N)C(=O)c1nc2ccccc2s1. The molecule has 4 rings (SSSR count). The van der Waals surface area contributed by atoms with E-state index in [2.05, 4.69) is 35.9 Å². The minimum Gasteiger partial charge on any atom is -0.370 e. The van der Waals surface area contributed by atoms with E-state index in [-0.39, 0.29) is 74.1 Å². The Morgan fingerprint density at radius 2 is 1.44 bits per heavy atom. The molecule has 0 unspecified atom stereocenters. The highest BCUT2D eigenvalue weighted by Gasteiger charge is 2.33. The lowest BCUT2D eigenvalue weighted by Crippen LogP contribution is -2.52. The van der Waals surface area contributed by atoms with Gasteiger partial charge in [-0.15, -0.1) is 11.3 Å². The molecule has 0 bridgehead atoms. The van der Waals surface area contributed by atoms with Crippen molar-refractivity contribution in [3.63, 3.8) is 0 Å². The summed E-state index contributed by atoms with van der Waals surface area (Å²) in [5.41, 5.74) is 24.2. The number of nitrogens with zero attached hydrogens (tertiary/aromatic N) is 5. The van der Waals surface area contributed by atoms with Crippen LogP contribution in [0, 0.1) is 11.8 Å². The fourth-order valence-corrected chi connectivity index (χ4v) is 7.61. The third-order valence-electron chi connectivity index (χ3n) is 9.89. The number of Topliss-reactive ketones (excluding diaryl/α,β-unsaturated/α-hetero) is 2. The lowest BCUT2D eigenvalue weighted by molar-refractivity contribution is -0.133. The summed E-state index contributed by atoms with van der Waals surface area (Å²) < 4.78 is 8.52. The largest absolute Gasteiger partial charge is 0.370 e. The van der Waals surface area contributed by atoms with Crippen molar-refractivity contribution in [2.45, 2.75) is 104 Å². The second-order valence-corrected chi connectivity index (χ2v) is 16.5. The van der Waals surface area contributed by atoms with E-state index in [9.17, 15) is 24.0 Å². The van der Waals surface area contributed by atoms with E-state index in [0.29, 0.717) is 43.5 Å². The zero-order valence-electron chi connectivity index (χ0n) is 35.6. The Kier molecular flexibility index (Phi) is 19.5. The standard InChI is InChI=1S/C43H60N12O6S/c1-27(2)17-18-30(39(59)52-33(14-9-19-49-42(44)45)38(58)41-54-32-13-7-8-16-37(32)62-41)21-36(57)35(53-40(60)34(51-28(3)56)15-10-20-50-43(46)47)22-31-23-48-25-55(31)26-61-24-29-11-5-4-6-12-29/h4-8,11-13,16,23,25,27,30,33-35H,9-10,14-15,17-22,24,26H2,1-3H3,(H,51,56)(H,52,59)(H,53,60)(H4,44,45,49)(H4,46,47,50)/t30-,33+,34-,35+/m1/s1. The van der Waals surface area contributed by atoms with E-state index in [1.165, 1.54) is 18.3 Å². The average Bonchev–Trinajstić information content (AvgIpc) is 3.88. The van der Waals surface area contributed by atoms with Gasteiger partial charge in [-0.25, -0.2) is 9.97 Å². The van der Waals surface area contributed by atoms with Crippen molar-refractivity contribution < 1.29 is 28.7 Å². The normalized spacial score (nSPS) is 13.1. The highest BCUT2D eigenvalue weighted by Crippen LogP contribution is 2.25. The molecular weight excluding hydrogens is 813 g/mol. The van der Waals surface area contributed by atoms with Crippen molar-refractivity contribution in [3.05, 3.63) is 83.4 Å². The van der Waals surface area contributed by atoms with E-state index in [4.69, 9.17) is 27.7 Å². The molecule has 0 radical (unpaired) electrons. The number of fused-ring (bicyclic) bond motifs is 1. The molecule has 4 aromatic rings. The molecule has 3 amide bonds. The van der Waals surface area contributed by atoms with E-state index in [0.717, 1.165) is 10.3 Å². The summed E-state index contributed by atoms with van der Waals surface area (Å²) in [6.45, 7) is 6.23. The van der Waals surface area contributed by atoms with Crippen LogP contribution in [0.15, 0.2) is 77.1 Å². The molecule has 11 N–H and O–H groups in total. The maximum Gasteiger partial charge on any atom is 0.243 e. The number of carbonyl (C=O) groups is 5. The number of carbonyl (C=O) groups excluding carboxylic acids is 5. The molecule has 18 nitrogen and oxygen atoms in total. The van der Waals surface area contributed by atoms with Gasteiger partial charge in [0.05, 0.1) is 35.2 Å². The minimum atomic E-state index is -1.14. The van der Waals surface area contributed by atoms with E-state index < -0.39 is 47.5 Å². The summed E-state index contributed by atoms with van der Waals surface area (Å²) in [5, 5.41) is 8.72. The molecule has 2 aromatic carbocycles. The van der Waals surface area contributed by atoms with Crippen molar-refractivity contribution in [3.8, 4) is 0 Å². The number of para-hydroxylation sites is 1. The van der Waals surface area contributed by atoms with Gasteiger partial charge in [0.25, 0.3) is 0 Å². The van der Waals surface area contributed by atoms with E-state index >= 15 is 0 Å². The van der Waals surface area contributed by atoms with Crippen LogP contribution in [0.3, 0.4) is 0 Å². The summed E-state index contributed by atoms with van der Waals surface area (Å²) in [5.74, 6) is -3.18. The monoisotopic (exact) mass is 872 g/mol. The van der Waals surface area contributed by atoms with Crippen LogP contribution in [0.25, 0.3) is 10.2 Å². The van der Waals surface area contributed by atoms with Crippen LogP contribution in [0.5, 0.6) is 0 Å². The van der Waals surface area contributed by atoms with E-state index in [1.807, 2.05) is 68.4 Å². The lowest BCUT2D eigenvalue weighted by atomic mass is 9.89. The second kappa shape index (κ2) is 24.9. The van der Waals surface area contributed by atoms with Gasteiger partial charge < -0.3 is 48.2 Å². The van der Waals surface area contributed by atoms with Crippen LogP contribution in [0.1, 0.15) is 86.8 Å². The fraction of sp³-hybridized carbons (Fsp3) is 0.465. The number of rotatable bonds is 27. The van der Waals surface area contributed by atoms with Crippen molar-refractivity contribution in [2.24, 2.45) is 44.8 Å². The molecule has 0 fully saturated rings. The molecule has 19 heteroatoms. The molecule has 0 saturated carbocycles. The van der Waals surface area contributed by atoms with Gasteiger partial charge in [-0.1, -0.05) is 62.7 Å². The Bertz CT molecular complexity index is 2110. The van der Waals surface area contributed by atoms with Crippen LogP contribution < -0.4 is 38.9 Å². The molecule has 4 atom stereocenters. The topological polar surface area (TPSA) is 290 Å². The predicted molar refractivity (Wildman–Crippen MR) is 240 cm³/mol. The Balaban J connectivity index is 1.60. The highest BCUT2D eigenvalue weighted by molar-refractivity contribution is 7.20. The smallest absolute Gasteiger partial charge is 0.243 e. The van der Waals surface area contributed by atoms with Gasteiger partial charge in [-0.3, -0.25) is 34.0 Å². The van der Waals surface area contributed by atoms with Crippen molar-refractivity contribution in [2.75, 3.05) is 13.1 Å². The van der Waals surface area contributed by atoms with Crippen LogP contribution >= 0.6 is 11.3 Å². The number of aliphatic imine (C=N–C) groups is 2. The number of imidazole rings is 1. The molecular formula is C43H60N12O6S. The van der Waals surface area contributed by atoms with Crippen LogP contribution in [0.4, 0.5) is 0 Å². The van der Waals surface area contributed by atoms with Gasteiger partial charge in [0, 0.05) is 50.7 Å². The number of guanidine groups is 2. The summed E-state index contributed by atoms with van der Waals surface area (Å²) in [7, 11) is 0. The van der Waals surface area contributed by atoms with Gasteiger partial charge in [-0.2, -0.15) is 0 Å². The Hall–Kier alpha value is -6.21. The molecule has 334 valence electrons. The first-order valence-corrected chi connectivity index (χ1v) is 21.5. The van der Waals surface area contributed by atoms with Gasteiger partial charge in [0.2, 0.25) is 23.5 Å². The zero-order chi connectivity index (χ0) is 45.0. The molecule has 0 aliphatic rings. The summed E-state index contributed by atoms with van der Waals surface area (Å²) >= 11 is 1.23. The van der Waals surface area contributed by atoms with Crippen molar-refractivity contribution >= 4 is 62.8 Å². The minimum absolute atomic E-state index is 0.00207. The van der Waals surface area contributed by atoms with Crippen molar-refractivity contribution in [1.82, 2.24) is 30.5 Å². The maximum atomic E-state index is 14.6. The molecule has 0 aliphatic heterocycles. The summed E-state index contributed by atoms with van der Waals surface area (Å²) in [4.78, 5) is 85.9. The van der Waals surface area contributed by atoms with Gasteiger partial charge in [0.15, 0.2) is 22.7 Å². The fourth-order valence-electron chi connectivity index (χ4n) is 6.65. The number of nitrogens with one attached hydrogen (secondary N) is 3. The Labute approximate surface area is 365 Å². The van der Waals surface area contributed by atoms with Crippen LogP contribution in [-0.2, 0) is 43.7 Å². The number of hydrogen-bond donors (Lipinski definition) is 7. The molecule has 0 saturated heterocycles. The van der Waals surface area contributed by atoms with Crippen molar-refractivity contribution in [1.29, 1.82) is 0 Å². The number of ether oxygens (including phenoxy) is 1. The predicted octanol–water partition coefficient (Wildman–Crippen LogP) is 2.69. The van der Waals surface area contributed by atoms with Gasteiger partial charge >= 0.3 is 0 Å². The van der Waals surface area contributed by atoms with Crippen LogP contribution in [-0.4, -0.2) is 87.0 Å². The number of thiazole rings is 1. The third kappa shape index (κ3) is 16.3. The first-order valence-electron chi connectivity index (χ1n) is 20.7. The number of aromatic nitrogens is 3. The van der Waals surface area contributed by atoms with E-state index in [1.54, 1.807) is 17.1 Å². The summed E-state index contributed by atoms with van der Waals surface area (Å²) in [6, 6.07) is 13.9. The van der Waals surface area contributed by atoms with Gasteiger partial charge in [0.1, 0.15) is 12.8 Å². The molecule has 0 aliphatic carbocycles. The lowest BCUT2D eigenvalue weighted by Gasteiger charge is -2.26. The number of ketones is 2. The number of nitrogens with two attached hydrogens (primary N) is 4. The first kappa shape index (κ1) is 48.5. The van der Waals surface area contributed by atoms with Crippen LogP contribution in [0.2, 0.25) is 0 Å². The second-order valence-electron chi connectivity index (χ2n) is 15.5. The first-order chi connectivity index (χ1) is 29.7.